The Kier molecular flexibility index (Phi) is 3.98. The lowest BCUT2D eigenvalue weighted by Crippen LogP contribution is -2.57. The van der Waals surface area contributed by atoms with Crippen LogP contribution in [-0.2, 0) is 14.3 Å². The average molecular weight is 413 g/mol. The monoisotopic (exact) mass is 412 g/mol. The van der Waals surface area contributed by atoms with Crippen LogP contribution >= 0.6 is 11.8 Å². The number of fused-ring (bicyclic) bond motifs is 2. The van der Waals surface area contributed by atoms with Crippen LogP contribution in [0.4, 0.5) is 0 Å². The van der Waals surface area contributed by atoms with Crippen molar-refractivity contribution in [2.24, 2.45) is 28.1 Å². The molecule has 3 spiro atoms. The number of carbonyl (C=O) groups excluding carboxylic acids is 1. The third kappa shape index (κ3) is 2.32. The van der Waals surface area contributed by atoms with E-state index in [0.29, 0.717) is 29.7 Å². The van der Waals surface area contributed by atoms with Crippen molar-refractivity contribution >= 4 is 17.5 Å². The van der Waals surface area contributed by atoms with E-state index in [-0.39, 0.29) is 22.7 Å². The lowest BCUT2D eigenvalue weighted by Gasteiger charge is -2.52. The first-order valence-electron chi connectivity index (χ1n) is 11.5. The molecule has 1 aromatic rings. The van der Waals surface area contributed by atoms with Crippen LogP contribution in [0.25, 0.3) is 0 Å². The zero-order valence-corrected chi connectivity index (χ0v) is 18.4. The number of rotatable bonds is 2. The molecule has 0 N–H and O–H groups in total. The van der Waals surface area contributed by atoms with Gasteiger partial charge in [0.2, 0.25) is 0 Å². The minimum absolute atomic E-state index is 0.0828. The predicted molar refractivity (Wildman–Crippen MR) is 114 cm³/mol. The molecule has 0 amide bonds. The second kappa shape index (κ2) is 6.11. The highest BCUT2D eigenvalue weighted by molar-refractivity contribution is 8.00. The van der Waals surface area contributed by atoms with E-state index in [0.717, 1.165) is 19.3 Å². The molecule has 4 heteroatoms. The summed E-state index contributed by atoms with van der Waals surface area (Å²) in [5.74, 6) is 0.359. The molecule has 0 aromatic heterocycles. The smallest absolute Gasteiger partial charge is 0.172 e. The summed E-state index contributed by atoms with van der Waals surface area (Å²) in [6.07, 6.45) is 7.89. The fourth-order valence-electron chi connectivity index (χ4n) is 7.94. The maximum absolute atomic E-state index is 14.5. The summed E-state index contributed by atoms with van der Waals surface area (Å²) < 4.78 is 12.5. The molecule has 4 aliphatic carbocycles. The highest BCUT2D eigenvalue weighted by Gasteiger charge is 2.78. The van der Waals surface area contributed by atoms with Crippen molar-refractivity contribution in [1.29, 1.82) is 0 Å². The Morgan fingerprint density at radius 1 is 0.966 bits per heavy atom. The van der Waals surface area contributed by atoms with Gasteiger partial charge < -0.3 is 9.47 Å². The van der Waals surface area contributed by atoms with Gasteiger partial charge in [0.15, 0.2) is 5.79 Å². The van der Waals surface area contributed by atoms with E-state index in [1.807, 2.05) is 11.8 Å². The molecule has 1 aliphatic heterocycles. The number of Topliss-reactive ketones (excluding diaryl/α,β-unsaturated/α-hetero) is 1. The molecular formula is C25H32O3S. The van der Waals surface area contributed by atoms with Crippen LogP contribution in [0.3, 0.4) is 0 Å². The van der Waals surface area contributed by atoms with Gasteiger partial charge in [0.25, 0.3) is 0 Å². The first-order chi connectivity index (χ1) is 14.0. The minimum atomic E-state index is -0.547. The number of benzene rings is 1. The third-order valence-corrected chi connectivity index (χ3v) is 11.2. The zero-order valence-electron chi connectivity index (χ0n) is 17.6. The molecule has 0 radical (unpaired) electrons. The number of thioether (sulfide) groups is 1. The highest BCUT2D eigenvalue weighted by Crippen LogP contribution is 2.78. The van der Waals surface area contributed by atoms with Crippen molar-refractivity contribution in [2.75, 3.05) is 13.2 Å². The van der Waals surface area contributed by atoms with Gasteiger partial charge in [0.05, 0.1) is 13.2 Å². The third-order valence-electron chi connectivity index (χ3n) is 9.43. The quantitative estimate of drug-likeness (QED) is 0.645. The Balaban J connectivity index is 1.49. The van der Waals surface area contributed by atoms with Crippen molar-refractivity contribution in [3.05, 3.63) is 30.3 Å². The molecule has 1 heterocycles. The van der Waals surface area contributed by atoms with E-state index in [1.54, 1.807) is 0 Å². The average Bonchev–Trinajstić information content (AvgIpc) is 3.17. The first-order valence-corrected chi connectivity index (χ1v) is 12.4. The molecule has 5 atom stereocenters. The molecule has 1 saturated heterocycles. The summed E-state index contributed by atoms with van der Waals surface area (Å²) in [5, 5.41) is 0.301. The lowest BCUT2D eigenvalue weighted by molar-refractivity contribution is -0.237. The van der Waals surface area contributed by atoms with Crippen LogP contribution in [0.2, 0.25) is 0 Å². The molecule has 156 valence electrons. The molecule has 1 aromatic carbocycles. The van der Waals surface area contributed by atoms with Crippen molar-refractivity contribution in [2.45, 2.75) is 74.7 Å². The summed E-state index contributed by atoms with van der Waals surface area (Å²) >= 11 is 1.98. The molecule has 3 nitrogen and oxygen atoms in total. The molecule has 1 unspecified atom stereocenters. The van der Waals surface area contributed by atoms with Gasteiger partial charge >= 0.3 is 0 Å². The predicted octanol–water partition coefficient (Wildman–Crippen LogP) is 5.48. The molecule has 5 aliphatic rings. The summed E-state index contributed by atoms with van der Waals surface area (Å²) in [6, 6.07) is 10.8. The number of ether oxygens (including phenoxy) is 2. The minimum Gasteiger partial charge on any atom is -0.347 e. The molecular weight excluding hydrogens is 380 g/mol. The van der Waals surface area contributed by atoms with Crippen LogP contribution in [0.15, 0.2) is 35.2 Å². The van der Waals surface area contributed by atoms with E-state index in [2.05, 4.69) is 44.2 Å². The SMILES string of the molecule is CC1C2(CCC[C@]13C(=O)[C@H]1C4(CC4)CC[C@@]1(C)[C@H]3Sc1ccccc1)OCCO2. The lowest BCUT2D eigenvalue weighted by atomic mass is 9.60. The standard InChI is InChI=1S/C25H32O3S/c1-17-24(9-6-10-25(17)27-15-16-28-25)20(26)19-22(2,11-12-23(19)13-14-23)21(24)29-18-7-4-3-5-8-18/h3-5,7-8,17,19,21H,6,9-16H2,1-2H3/t17?,19-,21-,22-,24-/m1/s1. The van der Waals surface area contributed by atoms with Crippen molar-refractivity contribution in [1.82, 2.24) is 0 Å². The molecule has 6 rings (SSSR count). The van der Waals surface area contributed by atoms with Crippen LogP contribution in [0, 0.1) is 28.1 Å². The van der Waals surface area contributed by atoms with E-state index >= 15 is 0 Å². The van der Waals surface area contributed by atoms with Gasteiger partial charge in [0, 0.05) is 33.8 Å². The second-order valence-corrected chi connectivity index (χ2v) is 11.8. The Labute approximate surface area is 178 Å². The van der Waals surface area contributed by atoms with Gasteiger partial charge in [-0.3, -0.25) is 4.79 Å². The Bertz CT molecular complexity index is 828. The Morgan fingerprint density at radius 3 is 2.34 bits per heavy atom. The van der Waals surface area contributed by atoms with E-state index in [9.17, 15) is 4.79 Å². The molecule has 29 heavy (non-hydrogen) atoms. The largest absolute Gasteiger partial charge is 0.347 e. The van der Waals surface area contributed by atoms with E-state index in [4.69, 9.17) is 9.47 Å². The Hall–Kier alpha value is -0.840. The number of carbonyl (C=O) groups is 1. The number of ketones is 1. The van der Waals surface area contributed by atoms with Crippen LogP contribution in [0.1, 0.15) is 58.8 Å². The van der Waals surface area contributed by atoms with Gasteiger partial charge in [-0.2, -0.15) is 0 Å². The number of hydrogen-bond donors (Lipinski definition) is 0. The van der Waals surface area contributed by atoms with E-state index in [1.165, 1.54) is 30.6 Å². The Morgan fingerprint density at radius 2 is 1.66 bits per heavy atom. The maximum Gasteiger partial charge on any atom is 0.172 e. The number of hydrogen-bond acceptors (Lipinski definition) is 4. The maximum atomic E-state index is 14.5. The van der Waals surface area contributed by atoms with Crippen LogP contribution in [0.5, 0.6) is 0 Å². The van der Waals surface area contributed by atoms with Gasteiger partial charge in [-0.05, 0) is 61.5 Å². The second-order valence-electron chi connectivity index (χ2n) is 10.6. The van der Waals surface area contributed by atoms with Gasteiger partial charge in [-0.25, -0.2) is 0 Å². The summed E-state index contributed by atoms with van der Waals surface area (Å²) in [5.41, 5.74) is 0.0601. The van der Waals surface area contributed by atoms with Crippen molar-refractivity contribution in [3.63, 3.8) is 0 Å². The molecule has 4 saturated carbocycles. The van der Waals surface area contributed by atoms with Crippen molar-refractivity contribution < 1.29 is 14.3 Å². The van der Waals surface area contributed by atoms with Crippen LogP contribution < -0.4 is 0 Å². The molecule has 0 bridgehead atoms. The van der Waals surface area contributed by atoms with Crippen molar-refractivity contribution in [3.8, 4) is 0 Å². The van der Waals surface area contributed by atoms with Crippen LogP contribution in [-0.4, -0.2) is 30.0 Å². The normalized spacial score (nSPS) is 44.1. The van der Waals surface area contributed by atoms with Gasteiger partial charge in [-0.1, -0.05) is 32.0 Å². The fraction of sp³-hybridized carbons (Fsp3) is 0.720. The zero-order chi connectivity index (χ0) is 19.9. The first kappa shape index (κ1) is 18.9. The fourth-order valence-corrected chi connectivity index (χ4v) is 9.70. The van der Waals surface area contributed by atoms with E-state index < -0.39 is 5.79 Å². The summed E-state index contributed by atoms with van der Waals surface area (Å²) in [6.45, 7) is 6.04. The summed E-state index contributed by atoms with van der Waals surface area (Å²) in [4.78, 5) is 15.7. The molecule has 5 fully saturated rings. The van der Waals surface area contributed by atoms with Gasteiger partial charge in [0.1, 0.15) is 5.78 Å². The highest BCUT2D eigenvalue weighted by atomic mass is 32.2. The van der Waals surface area contributed by atoms with Gasteiger partial charge in [-0.15, -0.1) is 11.8 Å². The summed E-state index contributed by atoms with van der Waals surface area (Å²) in [7, 11) is 0. The topological polar surface area (TPSA) is 35.5 Å².